The summed E-state index contributed by atoms with van der Waals surface area (Å²) in [6.45, 7) is 0.0865. The average molecular weight is 244 g/mol. The highest BCUT2D eigenvalue weighted by Crippen LogP contribution is 2.27. The van der Waals surface area contributed by atoms with E-state index in [1.807, 2.05) is 0 Å². The van der Waals surface area contributed by atoms with Crippen molar-refractivity contribution in [1.82, 2.24) is 4.90 Å². The molecule has 0 aliphatic heterocycles. The third-order valence-electron chi connectivity index (χ3n) is 3.61. The van der Waals surface area contributed by atoms with Crippen molar-refractivity contribution in [3.8, 4) is 0 Å². The molecule has 5 heteroatoms. The second kappa shape index (κ2) is 6.81. The molecular formula is C12H24N2O3. The molecule has 0 aromatic rings. The maximum Gasteiger partial charge on any atom is 0.407 e. The molecule has 0 aromatic carbocycles. The Balaban J connectivity index is 2.30. The van der Waals surface area contributed by atoms with Crippen LogP contribution in [0.4, 0.5) is 4.79 Å². The number of aliphatic hydroxyl groups excluding tert-OH is 1. The lowest BCUT2D eigenvalue weighted by Gasteiger charge is -2.28. The minimum Gasteiger partial charge on any atom is -0.465 e. The molecule has 0 spiro atoms. The molecule has 0 unspecified atom stereocenters. The lowest BCUT2D eigenvalue weighted by Crippen LogP contribution is -2.44. The number of carbonyl (C=O) groups is 1. The van der Waals surface area contributed by atoms with Crippen molar-refractivity contribution in [3.63, 3.8) is 0 Å². The van der Waals surface area contributed by atoms with Gasteiger partial charge in [-0.2, -0.15) is 0 Å². The first-order chi connectivity index (χ1) is 8.00. The number of nitrogens with zero attached hydrogens (tertiary/aromatic N) is 1. The van der Waals surface area contributed by atoms with Crippen molar-refractivity contribution in [3.05, 3.63) is 0 Å². The second-order valence-corrected chi connectivity index (χ2v) is 5.13. The van der Waals surface area contributed by atoms with Crippen LogP contribution in [0.1, 0.15) is 38.5 Å². The van der Waals surface area contributed by atoms with Crippen molar-refractivity contribution in [1.29, 1.82) is 0 Å². The van der Waals surface area contributed by atoms with E-state index in [0.29, 0.717) is 5.92 Å². The Labute approximate surface area is 103 Å². The van der Waals surface area contributed by atoms with Crippen LogP contribution in [0.3, 0.4) is 0 Å². The number of likely N-dealkylation sites (N-methyl/N-ethyl adjacent to an activating group) is 1. The zero-order valence-corrected chi connectivity index (χ0v) is 10.5. The van der Waals surface area contributed by atoms with Gasteiger partial charge >= 0.3 is 6.09 Å². The molecule has 1 aliphatic rings. The van der Waals surface area contributed by atoms with Crippen LogP contribution in [0.15, 0.2) is 0 Å². The minimum atomic E-state index is -1.03. The number of hydrogen-bond donors (Lipinski definition) is 3. The van der Waals surface area contributed by atoms with Gasteiger partial charge in [-0.25, -0.2) is 4.79 Å². The van der Waals surface area contributed by atoms with Gasteiger partial charge in [-0.15, -0.1) is 0 Å². The van der Waals surface area contributed by atoms with E-state index in [1.54, 1.807) is 0 Å². The Morgan fingerprint density at radius 3 is 2.53 bits per heavy atom. The van der Waals surface area contributed by atoms with Crippen LogP contribution in [0.5, 0.6) is 0 Å². The molecule has 100 valence electrons. The first-order valence-electron chi connectivity index (χ1n) is 6.38. The Morgan fingerprint density at radius 1 is 1.41 bits per heavy atom. The predicted molar refractivity (Wildman–Crippen MR) is 65.8 cm³/mol. The summed E-state index contributed by atoms with van der Waals surface area (Å²) in [4.78, 5) is 11.7. The number of hydrogen-bond acceptors (Lipinski definition) is 3. The van der Waals surface area contributed by atoms with Gasteiger partial charge < -0.3 is 20.8 Å². The third kappa shape index (κ3) is 4.91. The zero-order valence-electron chi connectivity index (χ0n) is 10.5. The molecule has 0 radical (unpaired) electrons. The van der Waals surface area contributed by atoms with Crippen LogP contribution >= 0.6 is 0 Å². The molecule has 17 heavy (non-hydrogen) atoms. The molecule has 5 nitrogen and oxygen atoms in total. The fourth-order valence-corrected chi connectivity index (χ4v) is 2.46. The summed E-state index contributed by atoms with van der Waals surface area (Å²) in [7, 11) is 1.44. The maximum absolute atomic E-state index is 10.6. The van der Waals surface area contributed by atoms with E-state index in [4.69, 9.17) is 10.8 Å². The highest BCUT2D eigenvalue weighted by atomic mass is 16.4. The molecule has 1 rings (SSSR count). The Hall–Kier alpha value is -0.810. The summed E-state index contributed by atoms with van der Waals surface area (Å²) in [6.07, 6.45) is 5.19. The summed E-state index contributed by atoms with van der Waals surface area (Å²) in [5.41, 5.74) is 5.93. The fraction of sp³-hybridized carbons (Fsp3) is 0.917. The van der Waals surface area contributed by atoms with Crippen LogP contribution in [0.25, 0.3) is 0 Å². The van der Waals surface area contributed by atoms with Crippen LogP contribution in [-0.2, 0) is 0 Å². The van der Waals surface area contributed by atoms with Crippen LogP contribution < -0.4 is 5.73 Å². The standard InChI is InChI=1S/C12H24N2O3/c1-14(12(16)17)8-11(15)10(13)7-9-5-3-2-4-6-9/h9-11,15H,2-8,13H2,1H3,(H,16,17)/t10-,11+/m0/s1. The molecule has 0 saturated heterocycles. The maximum atomic E-state index is 10.6. The van der Waals surface area contributed by atoms with Crippen LogP contribution in [-0.4, -0.2) is 46.9 Å². The quantitative estimate of drug-likeness (QED) is 0.679. The van der Waals surface area contributed by atoms with Crippen molar-refractivity contribution >= 4 is 6.09 Å². The smallest absolute Gasteiger partial charge is 0.407 e. The Bertz CT molecular complexity index is 242. The Morgan fingerprint density at radius 2 is 2.00 bits per heavy atom. The molecule has 0 aromatic heterocycles. The van der Waals surface area contributed by atoms with E-state index >= 15 is 0 Å². The first-order valence-corrected chi connectivity index (χ1v) is 6.38. The van der Waals surface area contributed by atoms with Crippen LogP contribution in [0, 0.1) is 5.92 Å². The normalized spacial score (nSPS) is 20.9. The minimum absolute atomic E-state index is 0.0865. The van der Waals surface area contributed by atoms with Gasteiger partial charge in [0, 0.05) is 13.1 Å². The van der Waals surface area contributed by atoms with E-state index in [1.165, 1.54) is 39.2 Å². The highest BCUT2D eigenvalue weighted by Gasteiger charge is 2.23. The molecule has 1 saturated carbocycles. The number of carboxylic acid groups (broad SMARTS) is 1. The summed E-state index contributed by atoms with van der Waals surface area (Å²) < 4.78 is 0. The molecule has 4 N–H and O–H groups in total. The van der Waals surface area contributed by atoms with Gasteiger partial charge in [0.05, 0.1) is 12.6 Å². The molecule has 1 amide bonds. The number of amides is 1. The van der Waals surface area contributed by atoms with Gasteiger partial charge in [0.1, 0.15) is 0 Å². The van der Waals surface area contributed by atoms with E-state index in [2.05, 4.69) is 0 Å². The largest absolute Gasteiger partial charge is 0.465 e. The zero-order chi connectivity index (χ0) is 12.8. The lowest BCUT2D eigenvalue weighted by molar-refractivity contribution is 0.0837. The van der Waals surface area contributed by atoms with Crippen LogP contribution in [0.2, 0.25) is 0 Å². The number of nitrogens with two attached hydrogens (primary N) is 1. The highest BCUT2D eigenvalue weighted by molar-refractivity contribution is 5.64. The Kier molecular flexibility index (Phi) is 5.71. The van der Waals surface area contributed by atoms with Gasteiger partial charge in [0.2, 0.25) is 0 Å². The van der Waals surface area contributed by atoms with E-state index < -0.39 is 12.2 Å². The van der Waals surface area contributed by atoms with Crippen molar-refractivity contribution in [2.75, 3.05) is 13.6 Å². The van der Waals surface area contributed by atoms with Gasteiger partial charge in [-0.05, 0) is 12.3 Å². The summed E-state index contributed by atoms with van der Waals surface area (Å²) in [5.74, 6) is 0.600. The van der Waals surface area contributed by atoms with E-state index in [0.717, 1.165) is 11.3 Å². The predicted octanol–water partition coefficient (Wildman–Crippen LogP) is 1.25. The van der Waals surface area contributed by atoms with E-state index in [-0.39, 0.29) is 12.6 Å². The third-order valence-corrected chi connectivity index (χ3v) is 3.61. The van der Waals surface area contributed by atoms with Gasteiger partial charge in [0.25, 0.3) is 0 Å². The number of rotatable bonds is 5. The van der Waals surface area contributed by atoms with E-state index in [9.17, 15) is 9.90 Å². The summed E-state index contributed by atoms with van der Waals surface area (Å²) >= 11 is 0. The molecule has 1 fully saturated rings. The van der Waals surface area contributed by atoms with Gasteiger partial charge in [0.15, 0.2) is 0 Å². The van der Waals surface area contributed by atoms with Gasteiger partial charge in [-0.1, -0.05) is 32.1 Å². The lowest BCUT2D eigenvalue weighted by atomic mass is 9.84. The molecule has 1 aliphatic carbocycles. The second-order valence-electron chi connectivity index (χ2n) is 5.13. The van der Waals surface area contributed by atoms with Crippen molar-refractivity contribution in [2.24, 2.45) is 11.7 Å². The molecular weight excluding hydrogens is 220 g/mol. The monoisotopic (exact) mass is 244 g/mol. The van der Waals surface area contributed by atoms with Gasteiger partial charge in [-0.3, -0.25) is 0 Å². The topological polar surface area (TPSA) is 86.8 Å². The molecule has 0 bridgehead atoms. The first kappa shape index (κ1) is 14.3. The average Bonchev–Trinajstić information content (AvgIpc) is 2.29. The summed E-state index contributed by atoms with van der Waals surface area (Å²) in [5, 5.41) is 18.5. The fourth-order valence-electron chi connectivity index (χ4n) is 2.46. The summed E-state index contributed by atoms with van der Waals surface area (Å²) in [6, 6.07) is -0.320. The SMILES string of the molecule is CN(C[C@@H](O)[C@@H](N)CC1CCCCC1)C(=O)O. The number of aliphatic hydroxyl groups is 1. The van der Waals surface area contributed by atoms with Crippen molar-refractivity contribution in [2.45, 2.75) is 50.7 Å². The molecule has 2 atom stereocenters. The molecule has 0 heterocycles. The van der Waals surface area contributed by atoms with Crippen molar-refractivity contribution < 1.29 is 15.0 Å².